The number of aliphatic carboxylic acids is 2. The van der Waals surface area contributed by atoms with E-state index in [2.05, 4.69) is 10.6 Å². The lowest BCUT2D eigenvalue weighted by Gasteiger charge is -2.29. The Bertz CT molecular complexity index is 817. The van der Waals surface area contributed by atoms with Crippen molar-refractivity contribution in [1.82, 2.24) is 15.5 Å². The van der Waals surface area contributed by atoms with Gasteiger partial charge < -0.3 is 42.9 Å². The van der Waals surface area contributed by atoms with Crippen molar-refractivity contribution >= 4 is 41.5 Å². The third-order valence-corrected chi connectivity index (χ3v) is 4.88. The fourth-order valence-electron chi connectivity index (χ4n) is 3.28. The minimum atomic E-state index is -1.51. The van der Waals surface area contributed by atoms with Crippen LogP contribution in [0.5, 0.6) is 0 Å². The van der Waals surface area contributed by atoms with E-state index in [4.69, 9.17) is 22.3 Å². The average Bonchev–Trinajstić information content (AvgIpc) is 3.18. The molecule has 1 rings (SSSR count). The van der Waals surface area contributed by atoms with Crippen molar-refractivity contribution in [2.75, 3.05) is 6.54 Å². The van der Waals surface area contributed by atoms with Crippen LogP contribution in [0.4, 0.5) is 0 Å². The number of rotatable bonds is 13. The summed E-state index contributed by atoms with van der Waals surface area (Å²) in [4.78, 5) is 83.3. The van der Waals surface area contributed by atoms with Crippen molar-refractivity contribution in [1.29, 1.82) is 0 Å². The molecule has 0 aromatic heterocycles. The molecule has 0 spiro atoms. The zero-order valence-electron chi connectivity index (χ0n) is 17.7. The molecule has 184 valence electrons. The van der Waals surface area contributed by atoms with Crippen molar-refractivity contribution in [3.05, 3.63) is 0 Å². The molecule has 15 heteroatoms. The molecular weight excluding hydrogens is 444 g/mol. The molecular formula is C18H28N6O9. The molecule has 0 aromatic rings. The van der Waals surface area contributed by atoms with Crippen LogP contribution in [0, 0.1) is 0 Å². The Morgan fingerprint density at radius 3 is 2.09 bits per heavy atom. The molecule has 1 saturated heterocycles. The molecule has 0 bridgehead atoms. The van der Waals surface area contributed by atoms with Crippen molar-refractivity contribution in [2.45, 2.75) is 62.7 Å². The first-order chi connectivity index (χ1) is 15.3. The number of carbonyl (C=O) groups is 7. The van der Waals surface area contributed by atoms with E-state index in [9.17, 15) is 38.7 Å². The highest BCUT2D eigenvalue weighted by Gasteiger charge is 2.39. The van der Waals surface area contributed by atoms with Gasteiger partial charge in [0.1, 0.15) is 18.1 Å². The van der Waals surface area contributed by atoms with Crippen LogP contribution in [0.3, 0.4) is 0 Å². The maximum Gasteiger partial charge on any atom is 0.326 e. The van der Waals surface area contributed by atoms with E-state index >= 15 is 0 Å². The van der Waals surface area contributed by atoms with Gasteiger partial charge in [0.2, 0.25) is 29.5 Å². The predicted octanol–water partition coefficient (Wildman–Crippen LogP) is -4.03. The zero-order valence-corrected chi connectivity index (χ0v) is 17.7. The Labute approximate surface area is 188 Å². The standard InChI is InChI=1S/C18H28N6O9/c19-8(6-14(27)28)15(29)23-10(7-13(21)26)17(31)24-5-1-2-11(24)16(30)22-9(18(32)33)3-4-12(20)25/h8-11H,1-7,19H2,(H2,20,25)(H2,21,26)(H,22,30)(H,23,29)(H,27,28)(H,32,33). The smallest absolute Gasteiger partial charge is 0.326 e. The molecule has 0 aromatic carbocycles. The number of likely N-dealkylation sites (tertiary alicyclic amines) is 1. The topological polar surface area (TPSA) is 265 Å². The number of nitrogens with one attached hydrogen (secondary N) is 2. The van der Waals surface area contributed by atoms with Crippen LogP contribution in [-0.2, 0) is 33.6 Å². The third kappa shape index (κ3) is 8.72. The van der Waals surface area contributed by atoms with E-state index in [0.29, 0.717) is 6.42 Å². The number of carbonyl (C=O) groups excluding carboxylic acids is 5. The Morgan fingerprint density at radius 2 is 1.58 bits per heavy atom. The minimum absolute atomic E-state index is 0.0717. The van der Waals surface area contributed by atoms with Gasteiger partial charge in [-0.3, -0.25) is 28.8 Å². The van der Waals surface area contributed by atoms with E-state index in [1.165, 1.54) is 0 Å². The normalized spacial score (nSPS) is 18.0. The summed E-state index contributed by atoms with van der Waals surface area (Å²) in [6.07, 6.45) is -1.34. The number of nitrogens with two attached hydrogens (primary N) is 3. The fourth-order valence-corrected chi connectivity index (χ4v) is 3.28. The largest absolute Gasteiger partial charge is 0.481 e. The van der Waals surface area contributed by atoms with Crippen LogP contribution in [0.1, 0.15) is 38.5 Å². The van der Waals surface area contributed by atoms with Crippen LogP contribution in [0.25, 0.3) is 0 Å². The summed E-state index contributed by atoms with van der Waals surface area (Å²) in [6, 6.07) is -5.52. The van der Waals surface area contributed by atoms with Gasteiger partial charge in [0.25, 0.3) is 0 Å². The number of carboxylic acid groups (broad SMARTS) is 2. The highest BCUT2D eigenvalue weighted by molar-refractivity contribution is 5.97. The lowest BCUT2D eigenvalue weighted by molar-refractivity contribution is -0.145. The third-order valence-electron chi connectivity index (χ3n) is 4.88. The fraction of sp³-hybridized carbons (Fsp3) is 0.611. The van der Waals surface area contributed by atoms with Crippen LogP contribution in [0.15, 0.2) is 0 Å². The number of hydrogen-bond donors (Lipinski definition) is 7. The molecule has 1 aliphatic heterocycles. The maximum absolute atomic E-state index is 13.0. The van der Waals surface area contributed by atoms with E-state index in [-0.39, 0.29) is 25.8 Å². The van der Waals surface area contributed by atoms with Gasteiger partial charge in [0.15, 0.2) is 0 Å². The molecule has 0 radical (unpaired) electrons. The molecule has 0 saturated carbocycles. The second-order valence-corrected chi connectivity index (χ2v) is 7.53. The van der Waals surface area contributed by atoms with Gasteiger partial charge in [-0.2, -0.15) is 0 Å². The first-order valence-electron chi connectivity index (χ1n) is 10.0. The molecule has 4 atom stereocenters. The van der Waals surface area contributed by atoms with Gasteiger partial charge >= 0.3 is 11.9 Å². The predicted molar refractivity (Wildman–Crippen MR) is 109 cm³/mol. The quantitative estimate of drug-likeness (QED) is 0.136. The average molecular weight is 472 g/mol. The van der Waals surface area contributed by atoms with E-state index in [0.717, 1.165) is 4.90 Å². The van der Waals surface area contributed by atoms with Crippen LogP contribution in [-0.4, -0.2) is 87.3 Å². The second-order valence-electron chi connectivity index (χ2n) is 7.53. The number of hydrogen-bond acceptors (Lipinski definition) is 8. The number of carboxylic acids is 2. The van der Waals surface area contributed by atoms with Gasteiger partial charge in [0.05, 0.1) is 18.9 Å². The van der Waals surface area contributed by atoms with Gasteiger partial charge in [-0.15, -0.1) is 0 Å². The first kappa shape index (κ1) is 27.3. The summed E-state index contributed by atoms with van der Waals surface area (Å²) in [6.45, 7) is 0.0717. The maximum atomic E-state index is 13.0. The van der Waals surface area contributed by atoms with Crippen LogP contribution in [0.2, 0.25) is 0 Å². The summed E-state index contributed by atoms with van der Waals surface area (Å²) in [5.41, 5.74) is 15.6. The monoisotopic (exact) mass is 472 g/mol. The highest BCUT2D eigenvalue weighted by Crippen LogP contribution is 2.20. The van der Waals surface area contributed by atoms with E-state index in [1.807, 2.05) is 0 Å². The Hall–Kier alpha value is -3.75. The Morgan fingerprint density at radius 1 is 0.939 bits per heavy atom. The number of amides is 5. The minimum Gasteiger partial charge on any atom is -0.481 e. The molecule has 0 aliphatic carbocycles. The highest BCUT2D eigenvalue weighted by atomic mass is 16.4. The Balaban J connectivity index is 2.95. The van der Waals surface area contributed by atoms with Crippen molar-refractivity contribution < 1.29 is 43.8 Å². The lowest BCUT2D eigenvalue weighted by atomic mass is 10.1. The summed E-state index contributed by atoms with van der Waals surface area (Å²) in [7, 11) is 0. The molecule has 4 unspecified atom stereocenters. The number of primary amides is 2. The zero-order chi connectivity index (χ0) is 25.3. The molecule has 10 N–H and O–H groups in total. The molecule has 15 nitrogen and oxygen atoms in total. The molecule has 1 fully saturated rings. The SMILES string of the molecule is NC(=O)CCC(NC(=O)C1CCCN1C(=O)C(CC(N)=O)NC(=O)C(N)CC(=O)O)C(=O)O. The van der Waals surface area contributed by atoms with E-state index < -0.39 is 78.5 Å². The summed E-state index contributed by atoms with van der Waals surface area (Å²) in [5, 5.41) is 22.4. The Kier molecular flexibility index (Phi) is 10.2. The van der Waals surface area contributed by atoms with E-state index in [1.54, 1.807) is 0 Å². The van der Waals surface area contributed by atoms with Crippen molar-refractivity contribution in [3.8, 4) is 0 Å². The van der Waals surface area contributed by atoms with Gasteiger partial charge in [-0.05, 0) is 19.3 Å². The summed E-state index contributed by atoms with van der Waals surface area (Å²) < 4.78 is 0. The van der Waals surface area contributed by atoms with Crippen LogP contribution >= 0.6 is 0 Å². The first-order valence-corrected chi connectivity index (χ1v) is 10.0. The molecule has 1 aliphatic rings. The summed E-state index contributed by atoms with van der Waals surface area (Å²) >= 11 is 0. The van der Waals surface area contributed by atoms with Gasteiger partial charge in [0, 0.05) is 13.0 Å². The number of nitrogens with zero attached hydrogens (tertiary/aromatic N) is 1. The second kappa shape index (κ2) is 12.3. The van der Waals surface area contributed by atoms with Crippen molar-refractivity contribution in [3.63, 3.8) is 0 Å². The van der Waals surface area contributed by atoms with Crippen LogP contribution < -0.4 is 27.8 Å². The van der Waals surface area contributed by atoms with Gasteiger partial charge in [-0.1, -0.05) is 0 Å². The van der Waals surface area contributed by atoms with Gasteiger partial charge in [-0.25, -0.2) is 4.79 Å². The lowest BCUT2D eigenvalue weighted by Crippen LogP contribution is -2.57. The summed E-state index contributed by atoms with van der Waals surface area (Å²) in [5.74, 6) is -7.09. The van der Waals surface area contributed by atoms with Crippen molar-refractivity contribution in [2.24, 2.45) is 17.2 Å². The molecule has 1 heterocycles. The molecule has 5 amide bonds. The molecule has 33 heavy (non-hydrogen) atoms.